The molecule has 1 aliphatic rings. The third-order valence-corrected chi connectivity index (χ3v) is 2.60. The molecule has 0 aromatic carbocycles. The van der Waals surface area contributed by atoms with Crippen LogP contribution in [0, 0.1) is 5.41 Å². The maximum atomic E-state index is 12.2. The molecule has 5 nitrogen and oxygen atoms in total. The molecular weight excluding hydrogens is 327 g/mol. The van der Waals surface area contributed by atoms with E-state index in [1.165, 1.54) is 0 Å². The largest absolute Gasteiger partial charge is 1.00 e. The molecule has 0 heterocycles. The van der Waals surface area contributed by atoms with Crippen molar-refractivity contribution >= 4 is 11.9 Å². The molecule has 0 aliphatic heterocycles. The second kappa shape index (κ2) is 4.02. The number of alkyl halides is 3. The second-order valence-corrected chi connectivity index (χ2v) is 3.68. The molecule has 0 radical (unpaired) electrons. The SMILES string of the molecule is NC1(C(F)(F)F)CC(C(=O)[O-])(C(=O)O)C1.[Ag+]. The molecule has 0 amide bonds. The van der Waals surface area contributed by atoms with Gasteiger partial charge in [0.2, 0.25) is 0 Å². The summed E-state index contributed by atoms with van der Waals surface area (Å²) < 4.78 is 36.7. The van der Waals surface area contributed by atoms with Gasteiger partial charge in [0.05, 0.1) is 5.97 Å². The summed E-state index contributed by atoms with van der Waals surface area (Å²) in [4.78, 5) is 21.0. The van der Waals surface area contributed by atoms with Gasteiger partial charge in [-0.15, -0.1) is 0 Å². The minimum atomic E-state index is -4.82. The Kier molecular flexibility index (Phi) is 3.88. The Morgan fingerprint density at radius 2 is 1.69 bits per heavy atom. The topological polar surface area (TPSA) is 103 Å². The number of halogens is 3. The maximum Gasteiger partial charge on any atom is 1.00 e. The Morgan fingerprint density at radius 3 is 1.88 bits per heavy atom. The first-order valence-corrected chi connectivity index (χ1v) is 3.86. The van der Waals surface area contributed by atoms with Crippen molar-refractivity contribution in [3.8, 4) is 0 Å². The number of aliphatic carboxylic acids is 2. The standard InChI is InChI=1S/C7H8F3NO4.Ag/c8-7(9,10)6(11)1-5(2-6,3(12)13)4(14)15;/h1-2,11H2,(H,12,13)(H,14,15);/q;+1/p-1. The predicted octanol–water partition coefficient (Wildman–Crippen LogP) is -1.14. The number of carbonyl (C=O) groups is 2. The zero-order valence-corrected chi connectivity index (χ0v) is 9.08. The molecule has 1 rings (SSSR count). The molecule has 0 unspecified atom stereocenters. The Morgan fingerprint density at radius 1 is 1.31 bits per heavy atom. The summed E-state index contributed by atoms with van der Waals surface area (Å²) in [6.07, 6.45) is -7.20. The maximum absolute atomic E-state index is 12.2. The van der Waals surface area contributed by atoms with Crippen molar-refractivity contribution in [2.75, 3.05) is 0 Å². The normalized spacial score (nSPS) is 33.5. The van der Waals surface area contributed by atoms with Crippen LogP contribution in [0.4, 0.5) is 13.2 Å². The molecule has 0 saturated heterocycles. The van der Waals surface area contributed by atoms with E-state index in [0.29, 0.717) is 0 Å². The Hall–Kier alpha value is -0.570. The van der Waals surface area contributed by atoms with Crippen molar-refractivity contribution < 1.29 is 55.4 Å². The molecular formula is C7H7AgF3NO4. The third kappa shape index (κ3) is 1.97. The first kappa shape index (κ1) is 15.4. The van der Waals surface area contributed by atoms with E-state index in [1.807, 2.05) is 0 Å². The Bertz CT molecular complexity index is 308. The van der Waals surface area contributed by atoms with Gasteiger partial charge in [0, 0.05) is 0 Å². The van der Waals surface area contributed by atoms with Gasteiger partial charge < -0.3 is 20.7 Å². The van der Waals surface area contributed by atoms with Gasteiger partial charge in [-0.1, -0.05) is 0 Å². The quantitative estimate of drug-likeness (QED) is 0.491. The van der Waals surface area contributed by atoms with Crippen LogP contribution in [-0.4, -0.2) is 28.8 Å². The fraction of sp³-hybridized carbons (Fsp3) is 0.714. The van der Waals surface area contributed by atoms with Crippen LogP contribution in [-0.2, 0) is 32.0 Å². The van der Waals surface area contributed by atoms with Crippen LogP contribution >= 0.6 is 0 Å². The third-order valence-electron chi connectivity index (χ3n) is 2.60. The van der Waals surface area contributed by atoms with E-state index in [0.717, 1.165) is 0 Å². The average Bonchev–Trinajstić information content (AvgIpc) is 1.94. The number of rotatable bonds is 2. The molecule has 0 aromatic rings. The van der Waals surface area contributed by atoms with Crippen LogP contribution in [0.25, 0.3) is 0 Å². The number of hydrogen-bond donors (Lipinski definition) is 2. The summed E-state index contributed by atoms with van der Waals surface area (Å²) in [5, 5.41) is 19.0. The van der Waals surface area contributed by atoms with Crippen LogP contribution in [0.1, 0.15) is 12.8 Å². The van der Waals surface area contributed by atoms with Crippen LogP contribution < -0.4 is 10.8 Å². The summed E-state index contributed by atoms with van der Waals surface area (Å²) in [5.74, 6) is -3.90. The molecule has 9 heteroatoms. The van der Waals surface area contributed by atoms with Crippen molar-refractivity contribution in [3.63, 3.8) is 0 Å². The molecule has 0 atom stereocenters. The molecule has 0 bridgehead atoms. The zero-order chi connectivity index (χ0) is 12.1. The molecule has 16 heavy (non-hydrogen) atoms. The first-order valence-electron chi connectivity index (χ1n) is 3.86. The number of carboxylic acids is 2. The minimum absolute atomic E-state index is 0. The van der Waals surface area contributed by atoms with Gasteiger partial charge in [-0.05, 0) is 12.8 Å². The van der Waals surface area contributed by atoms with Crippen LogP contribution in [0.5, 0.6) is 0 Å². The van der Waals surface area contributed by atoms with Crippen molar-refractivity contribution in [2.24, 2.45) is 11.1 Å². The molecule has 1 saturated carbocycles. The summed E-state index contributed by atoms with van der Waals surface area (Å²) in [6.45, 7) is 0. The molecule has 1 fully saturated rings. The van der Waals surface area contributed by atoms with E-state index < -0.39 is 41.9 Å². The van der Waals surface area contributed by atoms with Gasteiger partial charge >= 0.3 is 34.5 Å². The summed E-state index contributed by atoms with van der Waals surface area (Å²) in [6, 6.07) is 0. The Balaban J connectivity index is 0.00000225. The zero-order valence-electron chi connectivity index (χ0n) is 7.60. The molecule has 0 aromatic heterocycles. The van der Waals surface area contributed by atoms with E-state index in [1.54, 1.807) is 0 Å². The fourth-order valence-corrected chi connectivity index (χ4v) is 1.61. The number of carbonyl (C=O) groups excluding carboxylic acids is 1. The van der Waals surface area contributed by atoms with Crippen molar-refractivity contribution in [1.82, 2.24) is 0 Å². The number of carboxylic acid groups (broad SMARTS) is 2. The van der Waals surface area contributed by atoms with Crippen molar-refractivity contribution in [3.05, 3.63) is 0 Å². The van der Waals surface area contributed by atoms with Gasteiger partial charge in [-0.2, -0.15) is 13.2 Å². The van der Waals surface area contributed by atoms with Gasteiger partial charge in [0.15, 0.2) is 0 Å². The molecule has 1 aliphatic carbocycles. The molecule has 0 spiro atoms. The first-order chi connectivity index (χ1) is 6.55. The minimum Gasteiger partial charge on any atom is -0.549 e. The van der Waals surface area contributed by atoms with E-state index in [-0.39, 0.29) is 22.4 Å². The molecule has 3 N–H and O–H groups in total. The Labute approximate surface area is 103 Å². The van der Waals surface area contributed by atoms with E-state index in [9.17, 15) is 27.9 Å². The predicted molar refractivity (Wildman–Crippen MR) is 37.3 cm³/mol. The second-order valence-electron chi connectivity index (χ2n) is 3.68. The van der Waals surface area contributed by atoms with Crippen LogP contribution in [0.2, 0.25) is 0 Å². The summed E-state index contributed by atoms with van der Waals surface area (Å²) in [7, 11) is 0. The average molecular weight is 334 g/mol. The smallest absolute Gasteiger partial charge is 0.549 e. The number of nitrogens with two attached hydrogens (primary N) is 1. The summed E-state index contributed by atoms with van der Waals surface area (Å²) >= 11 is 0. The number of hydrogen-bond acceptors (Lipinski definition) is 4. The summed E-state index contributed by atoms with van der Waals surface area (Å²) in [5.41, 5.74) is -0.403. The molecule has 96 valence electrons. The van der Waals surface area contributed by atoms with Gasteiger partial charge in [-0.3, -0.25) is 4.79 Å². The monoisotopic (exact) mass is 333 g/mol. The van der Waals surface area contributed by atoms with E-state index >= 15 is 0 Å². The van der Waals surface area contributed by atoms with Gasteiger partial charge in [0.1, 0.15) is 11.0 Å². The van der Waals surface area contributed by atoms with E-state index in [2.05, 4.69) is 0 Å². The van der Waals surface area contributed by atoms with Crippen LogP contribution in [0.15, 0.2) is 0 Å². The fourth-order valence-electron chi connectivity index (χ4n) is 1.61. The van der Waals surface area contributed by atoms with Gasteiger partial charge in [0.25, 0.3) is 0 Å². The van der Waals surface area contributed by atoms with Crippen molar-refractivity contribution in [1.29, 1.82) is 0 Å². The van der Waals surface area contributed by atoms with Crippen LogP contribution in [0.3, 0.4) is 0 Å². The van der Waals surface area contributed by atoms with Crippen molar-refractivity contribution in [2.45, 2.75) is 24.6 Å². The van der Waals surface area contributed by atoms with E-state index in [4.69, 9.17) is 10.8 Å². The van der Waals surface area contributed by atoms with Gasteiger partial charge in [-0.25, -0.2) is 0 Å².